The Labute approximate surface area is 138 Å². The number of nitrogens with zero attached hydrogens (tertiary/aromatic N) is 2. The summed E-state index contributed by atoms with van der Waals surface area (Å²) in [4.78, 5) is 26.2. The number of amides is 1. The first kappa shape index (κ1) is 17.7. The highest BCUT2D eigenvalue weighted by molar-refractivity contribution is 5.82. The molecule has 128 valence electrons. The fourth-order valence-electron chi connectivity index (χ4n) is 3.62. The van der Waals surface area contributed by atoms with E-state index in [4.69, 9.17) is 4.74 Å². The van der Waals surface area contributed by atoms with Crippen LogP contribution in [0.15, 0.2) is 0 Å². The lowest BCUT2D eigenvalue weighted by molar-refractivity contribution is -0.147. The van der Waals surface area contributed by atoms with E-state index in [1.165, 1.54) is 7.11 Å². The van der Waals surface area contributed by atoms with Crippen molar-refractivity contribution in [3.05, 3.63) is 0 Å². The van der Waals surface area contributed by atoms with Crippen molar-refractivity contribution in [2.24, 2.45) is 5.92 Å². The summed E-state index contributed by atoms with van der Waals surface area (Å²) in [6.07, 6.45) is 6.04. The van der Waals surface area contributed by atoms with Crippen LogP contribution in [0.25, 0.3) is 0 Å². The molecule has 1 aliphatic heterocycles. The molecule has 1 saturated heterocycles. The monoisotopic (exact) mass is 321 g/mol. The smallest absolute Gasteiger partial charge is 0.308 e. The highest BCUT2D eigenvalue weighted by atomic mass is 16.5. The number of hydrogen-bond donors (Lipinski definition) is 1. The molecule has 0 aromatic carbocycles. The van der Waals surface area contributed by atoms with Gasteiger partial charge in [-0.2, -0.15) is 5.26 Å². The van der Waals surface area contributed by atoms with Crippen LogP contribution >= 0.6 is 0 Å². The number of esters is 1. The van der Waals surface area contributed by atoms with Crippen LogP contribution in [-0.4, -0.2) is 48.6 Å². The molecule has 6 nitrogen and oxygen atoms in total. The second kappa shape index (κ2) is 7.78. The lowest BCUT2D eigenvalue weighted by atomic mass is 9.82. The second-order valence-electron chi connectivity index (χ2n) is 6.75. The van der Waals surface area contributed by atoms with Gasteiger partial charge < -0.3 is 10.1 Å². The van der Waals surface area contributed by atoms with E-state index in [0.717, 1.165) is 32.1 Å². The Morgan fingerprint density at radius 1 is 1.26 bits per heavy atom. The van der Waals surface area contributed by atoms with Crippen LogP contribution in [0.2, 0.25) is 0 Å². The van der Waals surface area contributed by atoms with Crippen LogP contribution in [0.5, 0.6) is 0 Å². The summed E-state index contributed by atoms with van der Waals surface area (Å²) in [7, 11) is 1.41. The van der Waals surface area contributed by atoms with Gasteiger partial charge >= 0.3 is 5.97 Å². The summed E-state index contributed by atoms with van der Waals surface area (Å²) in [6, 6.07) is 2.05. The molecule has 2 rings (SSSR count). The van der Waals surface area contributed by atoms with Crippen LogP contribution in [-0.2, 0) is 14.3 Å². The summed E-state index contributed by atoms with van der Waals surface area (Å²) >= 11 is 0. The molecular weight excluding hydrogens is 294 g/mol. The molecule has 1 heterocycles. The molecule has 2 fully saturated rings. The van der Waals surface area contributed by atoms with E-state index in [9.17, 15) is 14.9 Å². The molecule has 1 saturated carbocycles. The lowest BCUT2D eigenvalue weighted by Crippen LogP contribution is -2.56. The first-order chi connectivity index (χ1) is 11.0. The van der Waals surface area contributed by atoms with Crippen molar-refractivity contribution in [1.29, 1.82) is 5.26 Å². The first-order valence-corrected chi connectivity index (χ1v) is 8.56. The van der Waals surface area contributed by atoms with Crippen molar-refractivity contribution in [2.75, 3.05) is 20.2 Å². The van der Waals surface area contributed by atoms with Gasteiger partial charge in [-0.25, -0.2) is 0 Å². The first-order valence-electron chi connectivity index (χ1n) is 8.56. The standard InChI is InChI=1S/C17H27N3O3/c1-13(20-10-6-14(7-11-20)16(22)23-2)15(21)19-17(12-18)8-4-3-5-9-17/h13-14H,3-11H2,1-2H3,(H,19,21)/t13-/m1/s1. The minimum absolute atomic E-state index is 0.0599. The fourth-order valence-corrected chi connectivity index (χ4v) is 3.62. The van der Waals surface area contributed by atoms with Gasteiger partial charge in [-0.3, -0.25) is 14.5 Å². The number of piperidine rings is 1. The van der Waals surface area contributed by atoms with E-state index in [0.29, 0.717) is 25.9 Å². The number of methoxy groups -OCH3 is 1. The Morgan fingerprint density at radius 2 is 1.87 bits per heavy atom. The molecule has 1 N–H and O–H groups in total. The third kappa shape index (κ3) is 4.23. The third-order valence-electron chi connectivity index (χ3n) is 5.27. The number of carbonyl (C=O) groups excluding carboxylic acids is 2. The molecule has 6 heteroatoms. The summed E-state index contributed by atoms with van der Waals surface area (Å²) < 4.78 is 4.79. The number of hydrogen-bond acceptors (Lipinski definition) is 5. The molecule has 0 unspecified atom stereocenters. The van der Waals surface area contributed by atoms with E-state index in [2.05, 4.69) is 16.3 Å². The van der Waals surface area contributed by atoms with Crippen LogP contribution < -0.4 is 5.32 Å². The van der Waals surface area contributed by atoms with Gasteiger partial charge in [-0.15, -0.1) is 0 Å². The van der Waals surface area contributed by atoms with E-state index in [-0.39, 0.29) is 23.8 Å². The van der Waals surface area contributed by atoms with Crippen LogP contribution in [0, 0.1) is 17.2 Å². The summed E-state index contributed by atoms with van der Waals surface area (Å²) in [6.45, 7) is 3.28. The van der Waals surface area contributed by atoms with Crippen LogP contribution in [0.3, 0.4) is 0 Å². The predicted molar refractivity (Wildman–Crippen MR) is 85.3 cm³/mol. The number of likely N-dealkylation sites (tertiary alicyclic amines) is 1. The molecule has 0 bridgehead atoms. The van der Waals surface area contributed by atoms with Gasteiger partial charge in [0.05, 0.1) is 25.1 Å². The molecule has 0 radical (unpaired) electrons. The van der Waals surface area contributed by atoms with Gasteiger partial charge in [0, 0.05) is 0 Å². The normalized spacial score (nSPS) is 23.5. The molecular formula is C17H27N3O3. The number of nitriles is 1. The SMILES string of the molecule is COC(=O)C1CCN([C@H](C)C(=O)NC2(C#N)CCCCC2)CC1. The number of rotatable bonds is 4. The van der Waals surface area contributed by atoms with E-state index >= 15 is 0 Å². The topological polar surface area (TPSA) is 82.4 Å². The minimum atomic E-state index is -0.687. The summed E-state index contributed by atoms with van der Waals surface area (Å²) in [5.74, 6) is -0.298. The quantitative estimate of drug-likeness (QED) is 0.795. The molecule has 23 heavy (non-hydrogen) atoms. The van der Waals surface area contributed by atoms with E-state index in [1.807, 2.05) is 6.92 Å². The van der Waals surface area contributed by atoms with Crippen molar-refractivity contribution in [3.8, 4) is 6.07 Å². The molecule has 0 aromatic rings. The van der Waals surface area contributed by atoms with Crippen molar-refractivity contribution < 1.29 is 14.3 Å². The van der Waals surface area contributed by atoms with Gasteiger partial charge in [-0.05, 0) is 45.7 Å². The summed E-state index contributed by atoms with van der Waals surface area (Å²) in [5, 5.41) is 12.5. The Hall–Kier alpha value is -1.61. The van der Waals surface area contributed by atoms with Crippen molar-refractivity contribution in [1.82, 2.24) is 10.2 Å². The zero-order chi connectivity index (χ0) is 16.9. The lowest BCUT2D eigenvalue weighted by Gasteiger charge is -2.37. The highest BCUT2D eigenvalue weighted by Gasteiger charge is 2.37. The van der Waals surface area contributed by atoms with E-state index < -0.39 is 5.54 Å². The molecule has 0 spiro atoms. The van der Waals surface area contributed by atoms with Crippen molar-refractivity contribution in [3.63, 3.8) is 0 Å². The van der Waals surface area contributed by atoms with Gasteiger partial charge in [0.15, 0.2) is 0 Å². The Morgan fingerprint density at radius 3 is 2.39 bits per heavy atom. The van der Waals surface area contributed by atoms with Crippen molar-refractivity contribution >= 4 is 11.9 Å². The molecule has 1 amide bonds. The maximum Gasteiger partial charge on any atom is 0.308 e. The van der Waals surface area contributed by atoms with Crippen LogP contribution in [0.4, 0.5) is 0 Å². The Kier molecular flexibility index (Phi) is 6.00. The zero-order valence-electron chi connectivity index (χ0n) is 14.1. The fraction of sp³-hybridized carbons (Fsp3) is 0.824. The number of ether oxygens (including phenoxy) is 1. The summed E-state index contributed by atoms with van der Waals surface area (Å²) in [5.41, 5.74) is -0.687. The van der Waals surface area contributed by atoms with Gasteiger partial charge in [0.2, 0.25) is 5.91 Å². The molecule has 0 aromatic heterocycles. The Bertz CT molecular complexity index is 472. The Balaban J connectivity index is 1.88. The van der Waals surface area contributed by atoms with Gasteiger partial charge in [-0.1, -0.05) is 19.3 Å². The molecule has 1 aliphatic carbocycles. The largest absolute Gasteiger partial charge is 0.469 e. The maximum atomic E-state index is 12.6. The van der Waals surface area contributed by atoms with Crippen molar-refractivity contribution in [2.45, 2.75) is 63.5 Å². The maximum absolute atomic E-state index is 12.6. The highest BCUT2D eigenvalue weighted by Crippen LogP contribution is 2.28. The molecule has 2 aliphatic rings. The predicted octanol–water partition coefficient (Wildman–Crippen LogP) is 1.60. The minimum Gasteiger partial charge on any atom is -0.469 e. The average Bonchev–Trinajstić information content (AvgIpc) is 2.61. The molecule has 1 atom stereocenters. The van der Waals surface area contributed by atoms with Crippen LogP contribution in [0.1, 0.15) is 51.9 Å². The van der Waals surface area contributed by atoms with Gasteiger partial charge in [0.25, 0.3) is 0 Å². The van der Waals surface area contributed by atoms with Gasteiger partial charge in [0.1, 0.15) is 5.54 Å². The second-order valence-corrected chi connectivity index (χ2v) is 6.75. The average molecular weight is 321 g/mol. The zero-order valence-corrected chi connectivity index (χ0v) is 14.1. The third-order valence-corrected chi connectivity index (χ3v) is 5.27. The number of nitrogens with one attached hydrogen (secondary N) is 1. The van der Waals surface area contributed by atoms with E-state index in [1.54, 1.807) is 0 Å². The number of carbonyl (C=O) groups is 2.